The monoisotopic (exact) mass is 350 g/mol. The van der Waals surface area contributed by atoms with E-state index in [2.05, 4.69) is 20.1 Å². The zero-order valence-electron chi connectivity index (χ0n) is 14.6. The number of amides is 2. The molecule has 0 aromatic heterocycles. The van der Waals surface area contributed by atoms with Crippen LogP contribution in [0.3, 0.4) is 0 Å². The second-order valence-electron chi connectivity index (χ2n) is 5.47. The Morgan fingerprint density at radius 1 is 1.08 bits per heavy atom. The summed E-state index contributed by atoms with van der Waals surface area (Å²) in [5.74, 6) is -2.55. The SMILES string of the molecule is COC(=O)[C@H](C)C[C@H](NC(=O)c1cccc(NC(C)=O)c1)C(=O)OC. The van der Waals surface area contributed by atoms with Crippen molar-refractivity contribution in [1.82, 2.24) is 5.32 Å². The van der Waals surface area contributed by atoms with E-state index in [4.69, 9.17) is 0 Å². The first-order valence-corrected chi connectivity index (χ1v) is 7.62. The second kappa shape index (κ2) is 9.41. The molecule has 1 aromatic carbocycles. The molecule has 2 N–H and O–H groups in total. The number of rotatable bonds is 7. The molecule has 0 bridgehead atoms. The highest BCUT2D eigenvalue weighted by Gasteiger charge is 2.27. The van der Waals surface area contributed by atoms with Gasteiger partial charge in [-0.25, -0.2) is 4.79 Å². The summed E-state index contributed by atoms with van der Waals surface area (Å²) in [4.78, 5) is 46.9. The summed E-state index contributed by atoms with van der Waals surface area (Å²) in [7, 11) is 2.44. The van der Waals surface area contributed by atoms with Crippen molar-refractivity contribution < 1.29 is 28.7 Å². The van der Waals surface area contributed by atoms with Crippen molar-refractivity contribution in [2.75, 3.05) is 19.5 Å². The van der Waals surface area contributed by atoms with Crippen LogP contribution in [-0.4, -0.2) is 44.0 Å². The minimum absolute atomic E-state index is 0.0382. The first-order valence-electron chi connectivity index (χ1n) is 7.62. The van der Waals surface area contributed by atoms with E-state index in [-0.39, 0.29) is 17.9 Å². The molecule has 0 aliphatic heterocycles. The van der Waals surface area contributed by atoms with Crippen LogP contribution in [0, 0.1) is 5.92 Å². The molecular weight excluding hydrogens is 328 g/mol. The summed E-state index contributed by atoms with van der Waals surface area (Å²) >= 11 is 0. The van der Waals surface area contributed by atoms with Gasteiger partial charge in [-0.3, -0.25) is 14.4 Å². The number of hydrogen-bond donors (Lipinski definition) is 2. The average molecular weight is 350 g/mol. The summed E-state index contributed by atoms with van der Waals surface area (Å²) in [5, 5.41) is 5.11. The molecule has 0 unspecified atom stereocenters. The quantitative estimate of drug-likeness (QED) is 0.713. The lowest BCUT2D eigenvalue weighted by atomic mass is 10.0. The molecule has 0 saturated heterocycles. The van der Waals surface area contributed by atoms with Crippen LogP contribution in [0.15, 0.2) is 24.3 Å². The highest BCUT2D eigenvalue weighted by Crippen LogP contribution is 2.13. The van der Waals surface area contributed by atoms with E-state index in [0.29, 0.717) is 5.69 Å². The van der Waals surface area contributed by atoms with Crippen LogP contribution < -0.4 is 10.6 Å². The predicted octanol–water partition coefficient (Wildman–Crippen LogP) is 1.12. The van der Waals surface area contributed by atoms with Crippen molar-refractivity contribution in [2.24, 2.45) is 5.92 Å². The van der Waals surface area contributed by atoms with Crippen LogP contribution in [0.5, 0.6) is 0 Å². The zero-order chi connectivity index (χ0) is 19.0. The van der Waals surface area contributed by atoms with Gasteiger partial charge in [0, 0.05) is 18.2 Å². The molecule has 25 heavy (non-hydrogen) atoms. The van der Waals surface area contributed by atoms with Gasteiger partial charge in [-0.05, 0) is 24.6 Å². The third-order valence-corrected chi connectivity index (χ3v) is 3.43. The minimum Gasteiger partial charge on any atom is -0.469 e. The maximum absolute atomic E-state index is 12.4. The molecule has 0 fully saturated rings. The number of nitrogens with one attached hydrogen (secondary N) is 2. The summed E-state index contributed by atoms with van der Waals surface area (Å²) in [6, 6.07) is 5.25. The largest absolute Gasteiger partial charge is 0.469 e. The third kappa shape index (κ3) is 6.25. The van der Waals surface area contributed by atoms with Crippen LogP contribution in [0.2, 0.25) is 0 Å². The molecule has 0 aliphatic carbocycles. The number of carbonyl (C=O) groups excluding carboxylic acids is 4. The van der Waals surface area contributed by atoms with Crippen LogP contribution in [0.4, 0.5) is 5.69 Å². The van der Waals surface area contributed by atoms with Crippen LogP contribution in [0.25, 0.3) is 0 Å². The maximum Gasteiger partial charge on any atom is 0.328 e. The Labute approximate surface area is 145 Å². The van der Waals surface area contributed by atoms with Gasteiger partial charge in [-0.15, -0.1) is 0 Å². The Kier molecular flexibility index (Phi) is 7.58. The molecule has 1 rings (SSSR count). The molecule has 136 valence electrons. The van der Waals surface area contributed by atoms with E-state index in [0.717, 1.165) is 0 Å². The van der Waals surface area contributed by atoms with Crippen LogP contribution in [-0.2, 0) is 23.9 Å². The molecule has 0 radical (unpaired) electrons. The molecule has 0 aliphatic rings. The fourth-order valence-electron chi connectivity index (χ4n) is 2.19. The predicted molar refractivity (Wildman–Crippen MR) is 89.8 cm³/mol. The number of methoxy groups -OCH3 is 2. The standard InChI is InChI=1S/C17H22N2O6/c1-10(16(22)24-3)8-14(17(23)25-4)19-15(21)12-6-5-7-13(9-12)18-11(2)20/h5-7,9-10,14H,8H2,1-4H3,(H,18,20)(H,19,21)/t10-,14+/m1/s1. The Balaban J connectivity index is 2.89. The van der Waals surface area contributed by atoms with Gasteiger partial charge in [0.05, 0.1) is 20.1 Å². The van der Waals surface area contributed by atoms with Gasteiger partial charge in [0.25, 0.3) is 5.91 Å². The van der Waals surface area contributed by atoms with Crippen LogP contribution >= 0.6 is 0 Å². The van der Waals surface area contributed by atoms with Crippen molar-refractivity contribution in [1.29, 1.82) is 0 Å². The molecule has 0 saturated carbocycles. The van der Waals surface area contributed by atoms with E-state index in [9.17, 15) is 19.2 Å². The van der Waals surface area contributed by atoms with E-state index in [1.54, 1.807) is 25.1 Å². The first kappa shape index (κ1) is 20.1. The molecule has 8 heteroatoms. The lowest BCUT2D eigenvalue weighted by Gasteiger charge is -2.19. The minimum atomic E-state index is -1.00. The Bertz CT molecular complexity index is 658. The Morgan fingerprint density at radius 3 is 2.28 bits per heavy atom. The topological polar surface area (TPSA) is 111 Å². The third-order valence-electron chi connectivity index (χ3n) is 3.43. The molecule has 2 amide bonds. The summed E-state index contributed by atoms with van der Waals surface area (Å²) in [6.45, 7) is 2.94. The van der Waals surface area contributed by atoms with Gasteiger partial charge in [0.2, 0.25) is 5.91 Å². The van der Waals surface area contributed by atoms with Crippen molar-refractivity contribution in [3.63, 3.8) is 0 Å². The van der Waals surface area contributed by atoms with E-state index in [1.807, 2.05) is 0 Å². The van der Waals surface area contributed by atoms with E-state index < -0.39 is 29.8 Å². The molecule has 0 heterocycles. The van der Waals surface area contributed by atoms with Crippen molar-refractivity contribution in [3.05, 3.63) is 29.8 Å². The number of ether oxygens (including phenoxy) is 2. The maximum atomic E-state index is 12.4. The number of carbonyl (C=O) groups is 4. The summed E-state index contributed by atoms with van der Waals surface area (Å²) in [5.41, 5.74) is 0.712. The molecule has 1 aromatic rings. The summed E-state index contributed by atoms with van der Waals surface area (Å²) < 4.78 is 9.30. The van der Waals surface area contributed by atoms with Gasteiger partial charge in [0.15, 0.2) is 0 Å². The average Bonchev–Trinajstić information content (AvgIpc) is 2.59. The first-order chi connectivity index (χ1) is 11.8. The normalized spacial score (nSPS) is 12.5. The lowest BCUT2D eigenvalue weighted by Crippen LogP contribution is -2.43. The highest BCUT2D eigenvalue weighted by atomic mass is 16.5. The van der Waals surface area contributed by atoms with Gasteiger partial charge in [-0.2, -0.15) is 0 Å². The number of benzene rings is 1. The van der Waals surface area contributed by atoms with Gasteiger partial charge in [0.1, 0.15) is 6.04 Å². The van der Waals surface area contributed by atoms with E-state index >= 15 is 0 Å². The number of hydrogen-bond acceptors (Lipinski definition) is 6. The zero-order valence-corrected chi connectivity index (χ0v) is 14.6. The fourth-order valence-corrected chi connectivity index (χ4v) is 2.19. The number of esters is 2. The van der Waals surface area contributed by atoms with Crippen molar-refractivity contribution >= 4 is 29.4 Å². The second-order valence-corrected chi connectivity index (χ2v) is 5.47. The van der Waals surface area contributed by atoms with E-state index in [1.165, 1.54) is 27.2 Å². The van der Waals surface area contributed by atoms with Crippen LogP contribution in [0.1, 0.15) is 30.6 Å². The Hall–Kier alpha value is -2.90. The highest BCUT2D eigenvalue weighted by molar-refractivity contribution is 5.98. The number of anilines is 1. The van der Waals surface area contributed by atoms with Gasteiger partial charge in [-0.1, -0.05) is 13.0 Å². The fraction of sp³-hybridized carbons (Fsp3) is 0.412. The molecule has 2 atom stereocenters. The van der Waals surface area contributed by atoms with Crippen molar-refractivity contribution in [3.8, 4) is 0 Å². The molecule has 8 nitrogen and oxygen atoms in total. The summed E-state index contributed by atoms with van der Waals surface area (Å²) in [6.07, 6.45) is 0.0382. The molecular formula is C17H22N2O6. The van der Waals surface area contributed by atoms with Gasteiger partial charge >= 0.3 is 11.9 Å². The Morgan fingerprint density at radius 2 is 1.72 bits per heavy atom. The van der Waals surface area contributed by atoms with Crippen molar-refractivity contribution in [2.45, 2.75) is 26.3 Å². The molecule has 0 spiro atoms. The van der Waals surface area contributed by atoms with Gasteiger partial charge < -0.3 is 20.1 Å². The lowest BCUT2D eigenvalue weighted by molar-refractivity contribution is -0.147. The smallest absolute Gasteiger partial charge is 0.328 e.